The Labute approximate surface area is 162 Å². The van der Waals surface area contributed by atoms with Crippen molar-refractivity contribution in [1.82, 2.24) is 19.9 Å². The molecule has 0 saturated heterocycles. The van der Waals surface area contributed by atoms with E-state index in [1.54, 1.807) is 22.7 Å². The van der Waals surface area contributed by atoms with Gasteiger partial charge in [-0.25, -0.2) is 19.9 Å². The quantitative estimate of drug-likeness (QED) is 0.406. The molecule has 3 aromatic heterocycles. The Morgan fingerprint density at radius 1 is 0.704 bits per heavy atom. The van der Waals surface area contributed by atoms with Gasteiger partial charge in [-0.15, -0.1) is 0 Å². The van der Waals surface area contributed by atoms with Crippen LogP contribution in [0, 0.1) is 0 Å². The molecule has 0 radical (unpaired) electrons. The first kappa shape index (κ1) is 15.9. The number of thiazole rings is 2. The van der Waals surface area contributed by atoms with Crippen molar-refractivity contribution in [2.45, 2.75) is 0 Å². The monoisotopic (exact) mass is 391 g/mol. The van der Waals surface area contributed by atoms with Gasteiger partial charge in [-0.1, -0.05) is 46.9 Å². The first-order valence-electron chi connectivity index (χ1n) is 8.12. The van der Waals surface area contributed by atoms with E-state index < -0.39 is 0 Å². The molecular formula is C18H13N7S2. The predicted octanol–water partition coefficient (Wildman–Crippen LogP) is 4.77. The minimum absolute atomic E-state index is 0.413. The second-order valence-corrected chi connectivity index (χ2v) is 7.77. The van der Waals surface area contributed by atoms with E-state index in [4.69, 9.17) is 5.73 Å². The maximum atomic E-state index is 6.27. The Bertz CT molecular complexity index is 1100. The maximum absolute atomic E-state index is 6.27. The minimum Gasteiger partial charge on any atom is -0.393 e. The van der Waals surface area contributed by atoms with Crippen molar-refractivity contribution in [3.63, 3.8) is 0 Å². The van der Waals surface area contributed by atoms with Gasteiger partial charge in [0, 0.05) is 0 Å². The second kappa shape index (κ2) is 6.45. The van der Waals surface area contributed by atoms with Gasteiger partial charge in [-0.2, -0.15) is 0 Å². The number of fused-ring (bicyclic) bond motifs is 2. The number of para-hydroxylation sites is 2. The lowest BCUT2D eigenvalue weighted by Crippen LogP contribution is -2.04. The highest BCUT2D eigenvalue weighted by molar-refractivity contribution is 7.22. The van der Waals surface area contributed by atoms with E-state index >= 15 is 0 Å². The van der Waals surface area contributed by atoms with Gasteiger partial charge >= 0.3 is 0 Å². The second-order valence-electron chi connectivity index (χ2n) is 5.71. The van der Waals surface area contributed by atoms with Gasteiger partial charge in [0.15, 0.2) is 21.9 Å². The van der Waals surface area contributed by atoms with Crippen molar-refractivity contribution in [3.8, 4) is 0 Å². The van der Waals surface area contributed by atoms with E-state index in [0.717, 1.165) is 30.7 Å². The average molecular weight is 391 g/mol. The van der Waals surface area contributed by atoms with Gasteiger partial charge in [0.05, 0.1) is 20.4 Å². The molecule has 0 aliphatic rings. The smallest absolute Gasteiger partial charge is 0.189 e. The SMILES string of the molecule is Nc1c(Nc2nc3ccccc3s2)ncnc1Nc1nc2ccccc2s1. The van der Waals surface area contributed by atoms with Gasteiger partial charge in [0.1, 0.15) is 12.0 Å². The molecule has 0 fully saturated rings. The summed E-state index contributed by atoms with van der Waals surface area (Å²) in [6, 6.07) is 15.9. The van der Waals surface area contributed by atoms with E-state index in [1.165, 1.54) is 6.33 Å². The first-order chi connectivity index (χ1) is 13.3. The van der Waals surface area contributed by atoms with Crippen LogP contribution in [0.5, 0.6) is 0 Å². The molecule has 0 atom stereocenters. The fourth-order valence-electron chi connectivity index (χ4n) is 2.65. The summed E-state index contributed by atoms with van der Waals surface area (Å²) < 4.78 is 2.20. The van der Waals surface area contributed by atoms with Crippen LogP contribution in [-0.4, -0.2) is 19.9 Å². The van der Waals surface area contributed by atoms with Crippen molar-refractivity contribution in [2.75, 3.05) is 16.4 Å². The third kappa shape index (κ3) is 3.03. The number of hydrogen-bond acceptors (Lipinski definition) is 9. The molecule has 9 heteroatoms. The van der Waals surface area contributed by atoms with E-state index in [1.807, 2.05) is 48.5 Å². The van der Waals surface area contributed by atoms with Crippen molar-refractivity contribution >= 4 is 70.7 Å². The number of hydrogen-bond donors (Lipinski definition) is 3. The zero-order valence-electron chi connectivity index (χ0n) is 13.9. The summed E-state index contributed by atoms with van der Waals surface area (Å²) in [5.41, 5.74) is 8.56. The molecule has 27 heavy (non-hydrogen) atoms. The molecule has 0 unspecified atom stereocenters. The van der Waals surface area contributed by atoms with Crippen LogP contribution in [-0.2, 0) is 0 Å². The topological polar surface area (TPSA) is 102 Å². The fourth-order valence-corrected chi connectivity index (χ4v) is 4.38. The normalized spacial score (nSPS) is 11.1. The number of aromatic nitrogens is 4. The molecule has 5 rings (SSSR count). The summed E-state index contributed by atoms with van der Waals surface area (Å²) in [6.07, 6.45) is 1.46. The maximum Gasteiger partial charge on any atom is 0.189 e. The van der Waals surface area contributed by atoms with E-state index in [-0.39, 0.29) is 0 Å². The molecular weight excluding hydrogens is 378 g/mol. The van der Waals surface area contributed by atoms with Gasteiger partial charge in [0.2, 0.25) is 0 Å². The van der Waals surface area contributed by atoms with Crippen LogP contribution < -0.4 is 16.4 Å². The first-order valence-corrected chi connectivity index (χ1v) is 9.75. The number of nitrogen functional groups attached to an aromatic ring is 1. The number of rotatable bonds is 4. The average Bonchev–Trinajstić information content (AvgIpc) is 3.27. The highest BCUT2D eigenvalue weighted by Crippen LogP contribution is 2.33. The predicted molar refractivity (Wildman–Crippen MR) is 112 cm³/mol. The zero-order valence-corrected chi connectivity index (χ0v) is 15.5. The molecule has 4 N–H and O–H groups in total. The Hall–Kier alpha value is -3.30. The number of nitrogens with two attached hydrogens (primary N) is 1. The molecule has 132 valence electrons. The largest absolute Gasteiger partial charge is 0.393 e. The fraction of sp³-hybridized carbons (Fsp3) is 0. The molecule has 2 aromatic carbocycles. The van der Waals surface area contributed by atoms with Gasteiger partial charge < -0.3 is 16.4 Å². The van der Waals surface area contributed by atoms with Crippen molar-refractivity contribution in [3.05, 3.63) is 54.9 Å². The summed E-state index contributed by atoms with van der Waals surface area (Å²) in [6.45, 7) is 0. The summed E-state index contributed by atoms with van der Waals surface area (Å²) in [7, 11) is 0. The molecule has 7 nitrogen and oxygen atoms in total. The highest BCUT2D eigenvalue weighted by atomic mass is 32.1. The summed E-state index contributed by atoms with van der Waals surface area (Å²) >= 11 is 3.09. The van der Waals surface area contributed by atoms with Crippen LogP contribution in [0.25, 0.3) is 20.4 Å². The van der Waals surface area contributed by atoms with Gasteiger partial charge in [0.25, 0.3) is 0 Å². The highest BCUT2D eigenvalue weighted by Gasteiger charge is 2.12. The van der Waals surface area contributed by atoms with Gasteiger partial charge in [-0.05, 0) is 24.3 Å². The summed E-state index contributed by atoms with van der Waals surface area (Å²) in [5, 5.41) is 7.84. The molecule has 0 aliphatic heterocycles. The van der Waals surface area contributed by atoms with E-state index in [0.29, 0.717) is 17.3 Å². The van der Waals surface area contributed by atoms with E-state index in [9.17, 15) is 0 Å². The molecule has 3 heterocycles. The third-order valence-corrected chi connectivity index (χ3v) is 5.83. The van der Waals surface area contributed by atoms with Crippen molar-refractivity contribution in [2.24, 2.45) is 0 Å². The Kier molecular flexibility index (Phi) is 3.80. The van der Waals surface area contributed by atoms with Crippen LogP contribution in [0.15, 0.2) is 54.9 Å². The lowest BCUT2D eigenvalue weighted by Gasteiger charge is -2.09. The molecule has 0 spiro atoms. The zero-order chi connectivity index (χ0) is 18.2. The third-order valence-electron chi connectivity index (χ3n) is 3.92. The van der Waals surface area contributed by atoms with Crippen LogP contribution in [0.1, 0.15) is 0 Å². The molecule has 0 aliphatic carbocycles. The molecule has 0 bridgehead atoms. The molecule has 0 saturated carbocycles. The van der Waals surface area contributed by atoms with Crippen LogP contribution in [0.3, 0.4) is 0 Å². The standard InChI is InChI=1S/C18H13N7S2/c19-14-15(24-17-22-10-5-1-3-7-12(10)26-17)20-9-21-16(14)25-18-23-11-6-2-4-8-13(11)27-18/h1-9H,19H2,(H2,20,21,22,23,24,25). The van der Waals surface area contributed by atoms with E-state index in [2.05, 4.69) is 30.6 Å². The minimum atomic E-state index is 0.413. The number of anilines is 5. The van der Waals surface area contributed by atoms with Crippen molar-refractivity contribution in [1.29, 1.82) is 0 Å². The molecule has 0 amide bonds. The number of benzene rings is 2. The van der Waals surface area contributed by atoms with Crippen LogP contribution >= 0.6 is 22.7 Å². The van der Waals surface area contributed by atoms with Crippen molar-refractivity contribution < 1.29 is 0 Å². The van der Waals surface area contributed by atoms with Crippen LogP contribution in [0.2, 0.25) is 0 Å². The Balaban J connectivity index is 1.44. The van der Waals surface area contributed by atoms with Crippen LogP contribution in [0.4, 0.5) is 27.6 Å². The lowest BCUT2D eigenvalue weighted by molar-refractivity contribution is 1.17. The summed E-state index contributed by atoms with van der Waals surface area (Å²) in [5.74, 6) is 1.01. The lowest BCUT2D eigenvalue weighted by atomic mass is 10.3. The van der Waals surface area contributed by atoms with Gasteiger partial charge in [-0.3, -0.25) is 0 Å². The number of nitrogens with one attached hydrogen (secondary N) is 2. The Morgan fingerprint density at radius 3 is 1.67 bits per heavy atom. The Morgan fingerprint density at radius 2 is 1.19 bits per heavy atom. The number of nitrogens with zero attached hydrogens (tertiary/aromatic N) is 4. The summed E-state index contributed by atoms with van der Waals surface area (Å²) in [4.78, 5) is 17.6. The molecule has 5 aromatic rings.